The number of hydrogen-bond acceptors (Lipinski definition) is 5. The molecule has 0 spiro atoms. The maximum atomic E-state index is 11.5. The number of phenols is 1. The Bertz CT molecular complexity index is 453. The topological polar surface area (TPSA) is 58.6 Å². The molecular weight excluding hydrogens is 238 g/mol. The van der Waals surface area contributed by atoms with Crippen molar-refractivity contribution < 1.29 is 14.6 Å². The quantitative estimate of drug-likeness (QED) is 0.635. The zero-order valence-electron chi connectivity index (χ0n) is 9.40. The molecule has 0 saturated heterocycles. The smallest absolute Gasteiger partial charge is 0.336 e. The third-order valence-corrected chi connectivity index (χ3v) is 3.44. The van der Waals surface area contributed by atoms with Crippen LogP contribution in [0.2, 0.25) is 0 Å². The molecule has 1 heterocycles. The number of phenolic OH excluding ortho intramolecular Hbond substituents is 1. The van der Waals surface area contributed by atoms with Gasteiger partial charge in [0.1, 0.15) is 5.75 Å². The molecule has 17 heavy (non-hydrogen) atoms. The number of anilines is 1. The molecule has 0 atom stereocenters. The largest absolute Gasteiger partial charge is 0.508 e. The van der Waals surface area contributed by atoms with E-state index in [4.69, 9.17) is 4.74 Å². The molecule has 2 N–H and O–H groups in total. The lowest BCUT2D eigenvalue weighted by molar-refractivity contribution is -0.136. The molecule has 1 aromatic rings. The number of hydrogen-bond donors (Lipinski definition) is 2. The van der Waals surface area contributed by atoms with Crippen LogP contribution in [0.15, 0.2) is 35.5 Å². The summed E-state index contributed by atoms with van der Waals surface area (Å²) in [6, 6.07) is 6.73. The van der Waals surface area contributed by atoms with Gasteiger partial charge in [0.25, 0.3) is 0 Å². The van der Waals surface area contributed by atoms with Crippen molar-refractivity contribution in [1.82, 2.24) is 0 Å². The molecule has 1 aliphatic heterocycles. The van der Waals surface area contributed by atoms with Crippen molar-refractivity contribution in [3.8, 4) is 5.75 Å². The van der Waals surface area contributed by atoms with Gasteiger partial charge in [-0.05, 0) is 24.3 Å². The molecule has 4 nitrogen and oxygen atoms in total. The van der Waals surface area contributed by atoms with Crippen LogP contribution in [-0.2, 0) is 9.53 Å². The first-order valence-electron chi connectivity index (χ1n) is 5.15. The number of thioether (sulfide) groups is 1. The van der Waals surface area contributed by atoms with E-state index in [0.29, 0.717) is 11.3 Å². The van der Waals surface area contributed by atoms with Gasteiger partial charge in [0, 0.05) is 22.9 Å². The molecule has 0 saturated carbocycles. The van der Waals surface area contributed by atoms with Crippen LogP contribution in [-0.4, -0.2) is 29.7 Å². The van der Waals surface area contributed by atoms with E-state index in [1.807, 2.05) is 0 Å². The zero-order chi connectivity index (χ0) is 12.3. The van der Waals surface area contributed by atoms with E-state index in [9.17, 15) is 9.90 Å². The molecule has 1 aliphatic rings. The van der Waals surface area contributed by atoms with E-state index < -0.39 is 0 Å². The second-order valence-electron chi connectivity index (χ2n) is 3.61. The maximum absolute atomic E-state index is 11.5. The van der Waals surface area contributed by atoms with Crippen LogP contribution in [0.3, 0.4) is 0 Å². The van der Waals surface area contributed by atoms with Gasteiger partial charge in [-0.15, -0.1) is 0 Å². The van der Waals surface area contributed by atoms with Crippen molar-refractivity contribution in [2.24, 2.45) is 0 Å². The third kappa shape index (κ3) is 2.74. The Kier molecular flexibility index (Phi) is 3.58. The standard InChI is InChI=1S/C12H13NO3S/c1-16-12(15)10-6-17-7-11(10)13-8-2-4-9(14)5-3-8/h2-5,13-14H,6-7H2,1H3. The Balaban J connectivity index is 2.17. The molecule has 0 bridgehead atoms. The first-order chi connectivity index (χ1) is 8.20. The average molecular weight is 251 g/mol. The molecule has 90 valence electrons. The fourth-order valence-electron chi connectivity index (χ4n) is 1.57. The number of rotatable bonds is 3. The highest BCUT2D eigenvalue weighted by Crippen LogP contribution is 2.27. The third-order valence-electron chi connectivity index (χ3n) is 2.45. The van der Waals surface area contributed by atoms with Gasteiger partial charge in [-0.25, -0.2) is 4.79 Å². The van der Waals surface area contributed by atoms with Crippen LogP contribution in [0.25, 0.3) is 0 Å². The van der Waals surface area contributed by atoms with Gasteiger partial charge in [-0.1, -0.05) is 0 Å². The number of esters is 1. The monoisotopic (exact) mass is 251 g/mol. The molecule has 0 unspecified atom stereocenters. The van der Waals surface area contributed by atoms with Crippen LogP contribution in [0.4, 0.5) is 5.69 Å². The van der Waals surface area contributed by atoms with Crippen molar-refractivity contribution in [1.29, 1.82) is 0 Å². The summed E-state index contributed by atoms with van der Waals surface area (Å²) in [5.74, 6) is 1.38. The fourth-order valence-corrected chi connectivity index (χ4v) is 2.61. The summed E-state index contributed by atoms with van der Waals surface area (Å²) < 4.78 is 4.73. The molecule has 0 aliphatic carbocycles. The fraction of sp³-hybridized carbons (Fsp3) is 0.250. The number of benzene rings is 1. The van der Waals surface area contributed by atoms with Crippen molar-refractivity contribution in [2.45, 2.75) is 0 Å². The normalized spacial score (nSPS) is 14.9. The summed E-state index contributed by atoms with van der Waals surface area (Å²) in [7, 11) is 1.39. The summed E-state index contributed by atoms with van der Waals surface area (Å²) >= 11 is 1.67. The molecule has 2 rings (SSSR count). The maximum Gasteiger partial charge on any atom is 0.336 e. The van der Waals surface area contributed by atoms with Gasteiger partial charge < -0.3 is 15.2 Å². The Morgan fingerprint density at radius 1 is 1.35 bits per heavy atom. The number of ether oxygens (including phenoxy) is 1. The van der Waals surface area contributed by atoms with E-state index in [1.54, 1.807) is 36.0 Å². The minimum atomic E-state index is -0.281. The van der Waals surface area contributed by atoms with Gasteiger partial charge in [-0.2, -0.15) is 11.8 Å². The van der Waals surface area contributed by atoms with Crippen molar-refractivity contribution >= 4 is 23.4 Å². The van der Waals surface area contributed by atoms with Crippen molar-refractivity contribution in [3.63, 3.8) is 0 Å². The molecule has 0 aromatic heterocycles. The number of aromatic hydroxyl groups is 1. The van der Waals surface area contributed by atoms with E-state index in [-0.39, 0.29) is 11.7 Å². The van der Waals surface area contributed by atoms with Gasteiger partial charge in [0.05, 0.1) is 12.7 Å². The Morgan fingerprint density at radius 3 is 2.71 bits per heavy atom. The van der Waals surface area contributed by atoms with Crippen LogP contribution < -0.4 is 5.32 Å². The average Bonchev–Trinajstić information content (AvgIpc) is 2.79. The predicted molar refractivity (Wildman–Crippen MR) is 68.1 cm³/mol. The summed E-state index contributed by atoms with van der Waals surface area (Å²) in [6.45, 7) is 0. The summed E-state index contributed by atoms with van der Waals surface area (Å²) in [4.78, 5) is 11.5. The lowest BCUT2D eigenvalue weighted by Gasteiger charge is -2.09. The minimum absolute atomic E-state index is 0.221. The lowest BCUT2D eigenvalue weighted by Crippen LogP contribution is -2.11. The molecule has 0 radical (unpaired) electrons. The van der Waals surface area contributed by atoms with E-state index in [1.165, 1.54) is 7.11 Å². The van der Waals surface area contributed by atoms with Crippen LogP contribution >= 0.6 is 11.8 Å². The van der Waals surface area contributed by atoms with Crippen LogP contribution in [0.1, 0.15) is 0 Å². The predicted octanol–water partition coefficient (Wildman–Crippen LogP) is 1.98. The molecule has 0 amide bonds. The highest BCUT2D eigenvalue weighted by molar-refractivity contribution is 8.00. The van der Waals surface area contributed by atoms with E-state index in [0.717, 1.165) is 17.1 Å². The summed E-state index contributed by atoms with van der Waals surface area (Å²) in [6.07, 6.45) is 0. The van der Waals surface area contributed by atoms with E-state index in [2.05, 4.69) is 5.32 Å². The molecule has 1 aromatic carbocycles. The van der Waals surface area contributed by atoms with Crippen molar-refractivity contribution in [2.75, 3.05) is 23.9 Å². The number of carbonyl (C=O) groups excluding carboxylic acids is 1. The van der Waals surface area contributed by atoms with Gasteiger partial charge in [0.15, 0.2) is 0 Å². The Hall–Kier alpha value is -1.62. The van der Waals surface area contributed by atoms with Crippen molar-refractivity contribution in [3.05, 3.63) is 35.5 Å². The highest BCUT2D eigenvalue weighted by atomic mass is 32.2. The van der Waals surface area contributed by atoms with Gasteiger partial charge >= 0.3 is 5.97 Å². The lowest BCUT2D eigenvalue weighted by atomic mass is 10.2. The molecule has 5 heteroatoms. The first kappa shape index (κ1) is 11.9. The summed E-state index contributed by atoms with van der Waals surface area (Å²) in [5, 5.41) is 12.4. The molecular formula is C12H13NO3S. The summed E-state index contributed by atoms with van der Waals surface area (Å²) in [5.41, 5.74) is 2.42. The first-order valence-corrected chi connectivity index (χ1v) is 6.30. The second-order valence-corrected chi connectivity index (χ2v) is 4.60. The zero-order valence-corrected chi connectivity index (χ0v) is 10.2. The Morgan fingerprint density at radius 2 is 2.06 bits per heavy atom. The second kappa shape index (κ2) is 5.14. The van der Waals surface area contributed by atoms with Crippen LogP contribution in [0.5, 0.6) is 5.75 Å². The minimum Gasteiger partial charge on any atom is -0.508 e. The number of nitrogens with one attached hydrogen (secondary N) is 1. The van der Waals surface area contributed by atoms with E-state index >= 15 is 0 Å². The number of methoxy groups -OCH3 is 1. The van der Waals surface area contributed by atoms with Gasteiger partial charge in [0.2, 0.25) is 0 Å². The highest BCUT2D eigenvalue weighted by Gasteiger charge is 2.21. The van der Waals surface area contributed by atoms with Gasteiger partial charge in [-0.3, -0.25) is 0 Å². The Labute approximate surface area is 104 Å². The SMILES string of the molecule is COC(=O)C1=C(Nc2ccc(O)cc2)CSC1. The van der Waals surface area contributed by atoms with Crippen LogP contribution in [0, 0.1) is 0 Å². The number of carbonyl (C=O) groups is 1. The molecule has 0 fully saturated rings.